The number of aliphatic carboxylic acids is 1. The number of aromatic amines is 2. The Bertz CT molecular complexity index is 3360. The summed E-state index contributed by atoms with van der Waals surface area (Å²) >= 11 is 1.35. The molecule has 0 saturated carbocycles. The van der Waals surface area contributed by atoms with E-state index < -0.39 is 138 Å². The van der Waals surface area contributed by atoms with E-state index in [9.17, 15) is 62.6 Å². The molecule has 0 spiro atoms. The number of thioether (sulfide) groups is 1. The molecule has 2 aromatic heterocycles. The van der Waals surface area contributed by atoms with Gasteiger partial charge >= 0.3 is 5.97 Å². The first-order valence-corrected chi connectivity index (χ1v) is 33.4. The molecule has 0 radical (unpaired) electrons. The lowest BCUT2D eigenvalue weighted by Gasteiger charge is -2.28. The predicted octanol–water partition coefficient (Wildman–Crippen LogP) is -3.59. The zero-order chi connectivity index (χ0) is 72.3. The number of guanidine groups is 2. The third-order valence-corrected chi connectivity index (χ3v) is 15.8. The molecule has 25 N–H and O–H groups in total. The van der Waals surface area contributed by atoms with Gasteiger partial charge in [0.25, 0.3) is 0 Å². The second-order valence-corrected chi connectivity index (χ2v) is 24.6. The molecule has 0 bridgehead atoms. The van der Waals surface area contributed by atoms with Crippen molar-refractivity contribution in [3.63, 3.8) is 0 Å². The second-order valence-electron chi connectivity index (χ2n) is 23.6. The summed E-state index contributed by atoms with van der Waals surface area (Å²) in [7, 11) is 0. The molecular formula is C63H95N21O13S. The molecule has 4 aromatic rings. The quantitative estimate of drug-likeness (QED) is 0.0116. The molecule has 0 aliphatic rings. The Morgan fingerprint density at radius 3 is 1.56 bits per heavy atom. The van der Waals surface area contributed by atoms with Gasteiger partial charge in [-0.2, -0.15) is 11.8 Å². The van der Waals surface area contributed by atoms with Crippen LogP contribution in [0.2, 0.25) is 0 Å². The van der Waals surface area contributed by atoms with Crippen LogP contribution in [0.3, 0.4) is 0 Å². The summed E-state index contributed by atoms with van der Waals surface area (Å²) in [4.78, 5) is 182. The number of carbonyl (C=O) groups excluding carboxylic acids is 11. The number of carbonyl (C=O) groups is 12. The number of benzene rings is 2. The highest BCUT2D eigenvalue weighted by Gasteiger charge is 2.36. The van der Waals surface area contributed by atoms with E-state index in [1.165, 1.54) is 31.2 Å². The average Bonchev–Trinajstić information content (AvgIpc) is 1.66. The van der Waals surface area contributed by atoms with Gasteiger partial charge in [0.15, 0.2) is 11.9 Å². The smallest absolute Gasteiger partial charge is 0.305 e. The number of nitrogens with one attached hydrogen (secondary N) is 12. The molecule has 34 nitrogen and oxygen atoms in total. The molecule has 0 saturated heterocycles. The van der Waals surface area contributed by atoms with Crippen LogP contribution in [0.25, 0.3) is 10.9 Å². The van der Waals surface area contributed by atoms with Gasteiger partial charge in [-0.3, -0.25) is 67.5 Å². The van der Waals surface area contributed by atoms with Gasteiger partial charge in [0, 0.05) is 68.3 Å². The summed E-state index contributed by atoms with van der Waals surface area (Å²) in [5.74, 6) is -11.1. The Morgan fingerprint density at radius 2 is 1.04 bits per heavy atom. The number of hydrogen-bond acceptors (Lipinski definition) is 17. The molecule has 536 valence electrons. The van der Waals surface area contributed by atoms with Crippen molar-refractivity contribution in [3.8, 4) is 0 Å². The number of imidazole rings is 1. The molecule has 9 atom stereocenters. The van der Waals surface area contributed by atoms with E-state index in [0.717, 1.165) is 0 Å². The van der Waals surface area contributed by atoms with Crippen molar-refractivity contribution >= 4 is 106 Å². The van der Waals surface area contributed by atoms with Crippen molar-refractivity contribution in [3.05, 3.63) is 90.1 Å². The van der Waals surface area contributed by atoms with Crippen molar-refractivity contribution in [1.82, 2.24) is 68.1 Å². The number of unbranched alkanes of at least 4 members (excludes halogenated alkanes) is 1. The van der Waals surface area contributed by atoms with Gasteiger partial charge in [-0.25, -0.2) is 4.98 Å². The fourth-order valence-electron chi connectivity index (χ4n) is 10.2. The van der Waals surface area contributed by atoms with E-state index >= 15 is 0 Å². The number of nitrogens with zero attached hydrogens (tertiary/aromatic N) is 3. The van der Waals surface area contributed by atoms with E-state index in [1.807, 2.05) is 0 Å². The van der Waals surface area contributed by atoms with Crippen molar-refractivity contribution in [1.29, 1.82) is 0 Å². The van der Waals surface area contributed by atoms with Crippen LogP contribution in [-0.4, -0.2) is 195 Å². The van der Waals surface area contributed by atoms with Crippen LogP contribution >= 0.6 is 11.8 Å². The summed E-state index contributed by atoms with van der Waals surface area (Å²) < 4.78 is 0. The second kappa shape index (κ2) is 42.3. The maximum Gasteiger partial charge on any atom is 0.305 e. The lowest BCUT2D eigenvalue weighted by Crippen LogP contribution is -2.60. The van der Waals surface area contributed by atoms with E-state index in [4.69, 9.17) is 34.4 Å². The van der Waals surface area contributed by atoms with Crippen LogP contribution in [0, 0.1) is 5.92 Å². The highest BCUT2D eigenvalue weighted by Crippen LogP contribution is 2.20. The van der Waals surface area contributed by atoms with E-state index in [1.54, 1.807) is 80.9 Å². The first-order chi connectivity index (χ1) is 46.7. The molecule has 0 unspecified atom stereocenters. The zero-order valence-corrected chi connectivity index (χ0v) is 56.3. The lowest BCUT2D eigenvalue weighted by atomic mass is 10.0. The van der Waals surface area contributed by atoms with Crippen LogP contribution in [0.1, 0.15) is 102 Å². The third-order valence-electron chi connectivity index (χ3n) is 15.1. The summed E-state index contributed by atoms with van der Waals surface area (Å²) in [6, 6.07) is 3.29. The predicted molar refractivity (Wildman–Crippen MR) is 367 cm³/mol. The van der Waals surface area contributed by atoms with Gasteiger partial charge < -0.3 is 103 Å². The van der Waals surface area contributed by atoms with E-state index in [2.05, 4.69) is 78.1 Å². The molecule has 4 rings (SSSR count). The number of hydrogen-bond donors (Lipinski definition) is 19. The maximum absolute atomic E-state index is 14.7. The van der Waals surface area contributed by atoms with Crippen LogP contribution in [0.5, 0.6) is 0 Å². The maximum atomic E-state index is 14.7. The van der Waals surface area contributed by atoms with Gasteiger partial charge in [0.2, 0.25) is 65.0 Å². The monoisotopic (exact) mass is 1390 g/mol. The summed E-state index contributed by atoms with van der Waals surface area (Å²) in [6.45, 7) is 4.44. The minimum Gasteiger partial charge on any atom is -0.481 e. The Labute approximate surface area is 571 Å². The number of nitrogens with two attached hydrogens (primary N) is 6. The molecular weight excluding hydrogens is 1290 g/mol. The molecule has 98 heavy (non-hydrogen) atoms. The number of aliphatic imine (C=N–C) groups is 2. The van der Waals surface area contributed by atoms with Crippen molar-refractivity contribution < 1.29 is 62.6 Å². The molecule has 0 fully saturated rings. The molecule has 11 amide bonds. The number of para-hydroxylation sites is 1. The highest BCUT2D eigenvalue weighted by atomic mass is 32.2. The summed E-state index contributed by atoms with van der Waals surface area (Å²) in [5, 5.41) is 36.5. The Morgan fingerprint density at radius 1 is 0.551 bits per heavy atom. The number of fused-ring (bicyclic) bond motifs is 1. The Hall–Kier alpha value is -10.3. The topological polar surface area (TPSA) is 571 Å². The summed E-state index contributed by atoms with van der Waals surface area (Å²) in [6.07, 6.45) is 6.16. The number of carboxylic acid groups (broad SMARTS) is 1. The lowest BCUT2D eigenvalue weighted by molar-refractivity contribution is -0.140. The van der Waals surface area contributed by atoms with Crippen LogP contribution < -0.4 is 87.6 Å². The van der Waals surface area contributed by atoms with Gasteiger partial charge in [0.05, 0.1) is 19.3 Å². The number of rotatable bonds is 45. The molecule has 2 heterocycles. The number of carboxylic acids is 1. The zero-order valence-electron chi connectivity index (χ0n) is 55.5. The SMILES string of the molecule is CSCC[C@H](NC(=O)CNC(=O)[C@H](Cc1ccccc1)NC(=O)[C@H](Cc1cnc[nH]1)NC(=O)[C@H](CCCCN)NC(C)=O)C(=O)N[C@@H](CC(C)C)C(=O)N[C@@H](CCCN=C(N)N)C(=O)N[C@@H](CCCN=C(N)N)C(=O)N[C@@H](Cc1c[nH]c2ccccc12)C(=O)N[C@@H](CC(=O)O)C(N)=O. The Balaban J connectivity index is 1.59. The van der Waals surface area contributed by atoms with E-state index in [-0.39, 0.29) is 95.1 Å². The van der Waals surface area contributed by atoms with Crippen LogP contribution in [0.4, 0.5) is 0 Å². The fourth-order valence-corrected chi connectivity index (χ4v) is 10.7. The number of H-pyrrole nitrogens is 2. The minimum absolute atomic E-state index is 0.00354. The average molecular weight is 1390 g/mol. The Kier molecular flexibility index (Phi) is 34.6. The number of amides is 11. The van der Waals surface area contributed by atoms with Gasteiger partial charge in [0.1, 0.15) is 54.4 Å². The van der Waals surface area contributed by atoms with Crippen LogP contribution in [-0.2, 0) is 76.8 Å². The van der Waals surface area contributed by atoms with Gasteiger partial charge in [-0.1, -0.05) is 62.4 Å². The van der Waals surface area contributed by atoms with E-state index in [0.29, 0.717) is 52.9 Å². The molecule has 0 aliphatic carbocycles. The highest BCUT2D eigenvalue weighted by molar-refractivity contribution is 7.98. The normalized spacial score (nSPS) is 13.8. The number of primary amides is 1. The van der Waals surface area contributed by atoms with Crippen molar-refractivity contribution in [2.24, 2.45) is 50.3 Å². The largest absolute Gasteiger partial charge is 0.481 e. The minimum atomic E-state index is -1.68. The first-order valence-electron chi connectivity index (χ1n) is 32.0. The van der Waals surface area contributed by atoms with Crippen molar-refractivity contribution in [2.75, 3.05) is 38.2 Å². The standard InChI is InChI=1S/C63H95N21O13S/c1-35(2)26-47(81-58(94)45(21-25-98-4)77-51(86)33-74-54(90)48(27-37-14-6-5-7-15-37)82-61(97)50(29-39-32-70-34-75-39)84-55(91)42(76-36(3)85)18-10-11-22-64)59(95)79-43(19-12-23-71-62(66)67)56(92)78-44(20-13-24-72-63(68)69)57(93)83-49(60(96)80-46(53(65)89)30-52(87)88)28-38-31-73-41-17-9-8-16-40(38)41/h5-9,14-17,31-32,34-35,42-50,73H,10-13,18-30,33,64H2,1-4H3,(H2,65,89)(H,70,75)(H,74,90)(H,76,85)(H,77,86)(H,78,92)(H,79,95)(H,80,96)(H,81,94)(H,82,97)(H,83,93)(H,84,91)(H,87,88)(H4,66,67,71)(H4,68,69,72)/t42-,43-,44-,45-,46-,47-,48-,49-,50-/m0/s1. The third kappa shape index (κ3) is 29.4. The van der Waals surface area contributed by atoms with Crippen LogP contribution in [0.15, 0.2) is 83.3 Å². The number of aromatic nitrogens is 3. The molecule has 0 aliphatic heterocycles. The van der Waals surface area contributed by atoms with Gasteiger partial charge in [-0.05, 0) is 99.5 Å². The summed E-state index contributed by atoms with van der Waals surface area (Å²) in [5.41, 5.74) is 35.8. The fraction of sp³-hybridized carbons (Fsp3) is 0.508. The molecule has 2 aromatic carbocycles. The van der Waals surface area contributed by atoms with Crippen molar-refractivity contribution in [2.45, 2.75) is 159 Å². The first kappa shape index (κ1) is 80.1. The van der Waals surface area contributed by atoms with Gasteiger partial charge in [-0.15, -0.1) is 0 Å². The molecule has 35 heteroatoms.